The third-order valence-corrected chi connectivity index (χ3v) is 3.44. The summed E-state index contributed by atoms with van der Waals surface area (Å²) < 4.78 is 7.43. The number of hydrogen-bond donors (Lipinski definition) is 1. The van der Waals surface area contributed by atoms with Gasteiger partial charge >= 0.3 is 0 Å². The number of nitrogen functional groups attached to an aromatic ring is 1. The zero-order valence-electron chi connectivity index (χ0n) is 13.6. The molecule has 0 atom stereocenters. The van der Waals surface area contributed by atoms with E-state index in [1.165, 1.54) is 0 Å². The van der Waals surface area contributed by atoms with Crippen molar-refractivity contribution in [2.75, 3.05) is 12.8 Å². The fourth-order valence-corrected chi connectivity index (χ4v) is 2.46. The number of nitrogens with two attached hydrogens (primary N) is 1. The first-order valence-electron chi connectivity index (χ1n) is 7.44. The van der Waals surface area contributed by atoms with E-state index in [1.54, 1.807) is 7.11 Å². The van der Waals surface area contributed by atoms with Crippen molar-refractivity contribution in [2.45, 2.75) is 40.2 Å². The molecule has 0 fully saturated rings. The first-order chi connectivity index (χ1) is 9.93. The Bertz CT molecular complexity index is 614. The van der Waals surface area contributed by atoms with Gasteiger partial charge in [0.2, 0.25) is 0 Å². The van der Waals surface area contributed by atoms with Crippen LogP contribution in [0.1, 0.15) is 39.4 Å². The van der Waals surface area contributed by atoms with Gasteiger partial charge < -0.3 is 15.0 Å². The first kappa shape index (κ1) is 15.4. The summed E-state index contributed by atoms with van der Waals surface area (Å²) >= 11 is 0. The van der Waals surface area contributed by atoms with E-state index in [-0.39, 0.29) is 0 Å². The van der Waals surface area contributed by atoms with Crippen molar-refractivity contribution in [3.05, 3.63) is 30.1 Å². The molecule has 4 heteroatoms. The van der Waals surface area contributed by atoms with Crippen LogP contribution in [0, 0.1) is 5.92 Å². The number of methoxy groups -OCH3 is 1. The largest absolute Gasteiger partial charge is 0.497 e. The Kier molecular flexibility index (Phi) is 4.56. The lowest BCUT2D eigenvalue weighted by molar-refractivity contribution is 0.415. The van der Waals surface area contributed by atoms with Gasteiger partial charge in [-0.3, -0.25) is 0 Å². The Morgan fingerprint density at radius 2 is 1.95 bits per heavy atom. The topological polar surface area (TPSA) is 53.1 Å². The van der Waals surface area contributed by atoms with Crippen molar-refractivity contribution in [1.82, 2.24) is 9.55 Å². The lowest BCUT2D eigenvalue weighted by Gasteiger charge is -2.14. The summed E-state index contributed by atoms with van der Waals surface area (Å²) in [6.07, 6.45) is 0. The fourth-order valence-electron chi connectivity index (χ4n) is 2.46. The standard InChI is InChI=1S/C17H25N3O/c1-11(2)10-20-16(18)15(19-17(20)12(3)4)13-7-6-8-14(9-13)21-5/h6-9,11-12H,10,18H2,1-5H3. The van der Waals surface area contributed by atoms with Gasteiger partial charge in [-0.2, -0.15) is 0 Å². The van der Waals surface area contributed by atoms with Crippen molar-refractivity contribution >= 4 is 5.82 Å². The zero-order chi connectivity index (χ0) is 15.6. The summed E-state index contributed by atoms with van der Waals surface area (Å²) in [5, 5.41) is 0. The van der Waals surface area contributed by atoms with E-state index in [2.05, 4.69) is 32.3 Å². The number of imidazole rings is 1. The van der Waals surface area contributed by atoms with Gasteiger partial charge in [-0.1, -0.05) is 39.8 Å². The Morgan fingerprint density at radius 3 is 2.52 bits per heavy atom. The molecule has 0 bridgehead atoms. The van der Waals surface area contributed by atoms with E-state index in [1.807, 2.05) is 24.3 Å². The van der Waals surface area contributed by atoms with Gasteiger partial charge in [-0.15, -0.1) is 0 Å². The highest BCUT2D eigenvalue weighted by Crippen LogP contribution is 2.31. The highest BCUT2D eigenvalue weighted by molar-refractivity contribution is 5.72. The number of rotatable bonds is 5. The molecular weight excluding hydrogens is 262 g/mol. The third-order valence-electron chi connectivity index (χ3n) is 3.44. The summed E-state index contributed by atoms with van der Waals surface area (Å²) in [5.74, 6) is 3.46. The second-order valence-electron chi connectivity index (χ2n) is 6.09. The maximum absolute atomic E-state index is 6.37. The van der Waals surface area contributed by atoms with Gasteiger partial charge in [0.25, 0.3) is 0 Å². The summed E-state index contributed by atoms with van der Waals surface area (Å²) in [6, 6.07) is 7.88. The van der Waals surface area contributed by atoms with Crippen molar-refractivity contribution in [2.24, 2.45) is 5.92 Å². The van der Waals surface area contributed by atoms with E-state index in [4.69, 9.17) is 15.5 Å². The molecule has 0 saturated carbocycles. The highest BCUT2D eigenvalue weighted by Gasteiger charge is 2.19. The van der Waals surface area contributed by atoms with Gasteiger partial charge in [0.1, 0.15) is 23.1 Å². The van der Waals surface area contributed by atoms with E-state index in [9.17, 15) is 0 Å². The van der Waals surface area contributed by atoms with Crippen LogP contribution in [0.15, 0.2) is 24.3 Å². The van der Waals surface area contributed by atoms with Crippen molar-refractivity contribution in [1.29, 1.82) is 0 Å². The van der Waals surface area contributed by atoms with Crippen LogP contribution in [0.3, 0.4) is 0 Å². The van der Waals surface area contributed by atoms with Crippen LogP contribution in [-0.4, -0.2) is 16.7 Å². The average Bonchev–Trinajstić information content (AvgIpc) is 2.76. The van der Waals surface area contributed by atoms with Crippen molar-refractivity contribution in [3.8, 4) is 17.0 Å². The van der Waals surface area contributed by atoms with Crippen LogP contribution in [0.25, 0.3) is 11.3 Å². The molecule has 0 aliphatic rings. The molecule has 0 saturated heterocycles. The SMILES string of the molecule is COc1cccc(-c2nc(C(C)C)n(CC(C)C)c2N)c1. The maximum Gasteiger partial charge on any atom is 0.131 e. The minimum absolute atomic E-state index is 0.338. The molecule has 114 valence electrons. The molecule has 21 heavy (non-hydrogen) atoms. The molecule has 0 aliphatic carbocycles. The number of nitrogens with zero attached hydrogens (tertiary/aromatic N) is 2. The molecule has 4 nitrogen and oxygen atoms in total. The smallest absolute Gasteiger partial charge is 0.131 e. The molecule has 2 aromatic rings. The second kappa shape index (κ2) is 6.20. The first-order valence-corrected chi connectivity index (χ1v) is 7.44. The van der Waals surface area contributed by atoms with E-state index < -0.39 is 0 Å². The second-order valence-corrected chi connectivity index (χ2v) is 6.09. The molecule has 1 aromatic heterocycles. The number of aromatic nitrogens is 2. The Labute approximate surface area is 127 Å². The fraction of sp³-hybridized carbons (Fsp3) is 0.471. The van der Waals surface area contributed by atoms with Crippen molar-refractivity contribution in [3.63, 3.8) is 0 Å². The van der Waals surface area contributed by atoms with Gasteiger partial charge in [0.05, 0.1) is 7.11 Å². The van der Waals surface area contributed by atoms with Crippen LogP contribution >= 0.6 is 0 Å². The average molecular weight is 287 g/mol. The van der Waals surface area contributed by atoms with Crippen LogP contribution in [-0.2, 0) is 6.54 Å². The maximum atomic E-state index is 6.37. The summed E-state index contributed by atoms with van der Waals surface area (Å²) in [6.45, 7) is 9.56. The molecule has 0 amide bonds. The van der Waals surface area contributed by atoms with E-state index >= 15 is 0 Å². The van der Waals surface area contributed by atoms with Gasteiger partial charge in [0, 0.05) is 18.0 Å². The minimum Gasteiger partial charge on any atom is -0.497 e. The Balaban J connectivity index is 2.53. The number of ether oxygens (including phenoxy) is 1. The summed E-state index contributed by atoms with van der Waals surface area (Å²) in [5.41, 5.74) is 8.22. The van der Waals surface area contributed by atoms with Crippen molar-refractivity contribution < 1.29 is 4.74 Å². The lowest BCUT2D eigenvalue weighted by atomic mass is 10.1. The molecule has 0 aliphatic heterocycles. The van der Waals surface area contributed by atoms with Crippen LogP contribution in [0.2, 0.25) is 0 Å². The molecule has 1 aromatic carbocycles. The highest BCUT2D eigenvalue weighted by atomic mass is 16.5. The van der Waals surface area contributed by atoms with Gasteiger partial charge in [-0.05, 0) is 18.1 Å². The van der Waals surface area contributed by atoms with Crippen LogP contribution < -0.4 is 10.5 Å². The van der Waals surface area contributed by atoms with Gasteiger partial charge in [0.15, 0.2) is 0 Å². The zero-order valence-corrected chi connectivity index (χ0v) is 13.6. The third kappa shape index (κ3) is 3.20. The molecule has 2 N–H and O–H groups in total. The predicted molar refractivity (Wildman–Crippen MR) is 87.6 cm³/mol. The lowest BCUT2D eigenvalue weighted by Crippen LogP contribution is -2.12. The van der Waals surface area contributed by atoms with Crippen LogP contribution in [0.4, 0.5) is 5.82 Å². The number of benzene rings is 1. The molecule has 0 unspecified atom stereocenters. The van der Waals surface area contributed by atoms with Gasteiger partial charge in [-0.25, -0.2) is 4.98 Å². The molecule has 0 spiro atoms. The van der Waals surface area contributed by atoms with E-state index in [0.717, 1.165) is 35.2 Å². The molecule has 2 rings (SSSR count). The summed E-state index contributed by atoms with van der Waals surface area (Å²) in [4.78, 5) is 4.79. The normalized spacial score (nSPS) is 11.4. The monoisotopic (exact) mass is 287 g/mol. The molecular formula is C17H25N3O. The molecule has 0 radical (unpaired) electrons. The Morgan fingerprint density at radius 1 is 1.24 bits per heavy atom. The minimum atomic E-state index is 0.338. The number of anilines is 1. The quantitative estimate of drug-likeness (QED) is 0.906. The van der Waals surface area contributed by atoms with Crippen LogP contribution in [0.5, 0.6) is 5.75 Å². The summed E-state index contributed by atoms with van der Waals surface area (Å²) in [7, 11) is 1.67. The Hall–Kier alpha value is -1.97. The van der Waals surface area contributed by atoms with E-state index in [0.29, 0.717) is 11.8 Å². The predicted octanol–water partition coefficient (Wildman–Crippen LogP) is 3.92. The molecule has 1 heterocycles. The number of hydrogen-bond acceptors (Lipinski definition) is 3.